The molecular formula is C6H2BrClF2O. The number of halogens is 4. The van der Waals surface area contributed by atoms with Crippen molar-refractivity contribution < 1.29 is 13.9 Å². The molecule has 1 aromatic rings. The van der Waals surface area contributed by atoms with Gasteiger partial charge in [0.1, 0.15) is 16.6 Å². The topological polar surface area (TPSA) is 20.2 Å². The van der Waals surface area contributed by atoms with Crippen molar-refractivity contribution >= 4 is 27.5 Å². The fourth-order valence-electron chi connectivity index (χ4n) is 0.560. The Bertz CT molecular complexity index is 277. The summed E-state index contributed by atoms with van der Waals surface area (Å²) in [5.41, 5.74) is 0. The molecule has 0 aromatic heterocycles. The molecule has 60 valence electrons. The average molecular weight is 243 g/mol. The highest BCUT2D eigenvalue weighted by Gasteiger charge is 2.14. The van der Waals surface area contributed by atoms with Gasteiger partial charge in [0.2, 0.25) is 0 Å². The lowest BCUT2D eigenvalue weighted by Gasteiger charge is -2.00. The van der Waals surface area contributed by atoms with Gasteiger partial charge >= 0.3 is 0 Å². The summed E-state index contributed by atoms with van der Waals surface area (Å²) in [6.07, 6.45) is 0. The second-order valence-electron chi connectivity index (χ2n) is 1.82. The third-order valence-electron chi connectivity index (χ3n) is 1.08. The molecule has 0 aliphatic heterocycles. The molecule has 5 heteroatoms. The molecule has 0 fully saturated rings. The SMILES string of the molecule is Oc1cc(F)c(Br)c(F)c1Cl. The molecule has 0 aliphatic rings. The summed E-state index contributed by atoms with van der Waals surface area (Å²) in [7, 11) is 0. The van der Waals surface area contributed by atoms with Crippen LogP contribution in [0.5, 0.6) is 5.75 Å². The predicted octanol–water partition coefficient (Wildman–Crippen LogP) is 3.09. The number of benzene rings is 1. The third-order valence-corrected chi connectivity index (χ3v) is 2.17. The Morgan fingerprint density at radius 1 is 1.45 bits per heavy atom. The summed E-state index contributed by atoms with van der Waals surface area (Å²) in [4.78, 5) is 0. The molecule has 0 spiro atoms. The van der Waals surface area contributed by atoms with Crippen molar-refractivity contribution in [2.45, 2.75) is 0 Å². The van der Waals surface area contributed by atoms with E-state index in [1.807, 2.05) is 0 Å². The monoisotopic (exact) mass is 242 g/mol. The van der Waals surface area contributed by atoms with Crippen LogP contribution >= 0.6 is 27.5 Å². The molecule has 0 radical (unpaired) electrons. The second-order valence-corrected chi connectivity index (χ2v) is 2.99. The van der Waals surface area contributed by atoms with Crippen LogP contribution < -0.4 is 0 Å². The minimum atomic E-state index is -0.996. The Morgan fingerprint density at radius 3 is 2.55 bits per heavy atom. The van der Waals surface area contributed by atoms with Gasteiger partial charge in [0.15, 0.2) is 5.82 Å². The zero-order valence-electron chi connectivity index (χ0n) is 5.04. The van der Waals surface area contributed by atoms with Crippen LogP contribution in [0.4, 0.5) is 8.78 Å². The molecule has 1 rings (SSSR count). The van der Waals surface area contributed by atoms with Gasteiger partial charge in [0.25, 0.3) is 0 Å². The number of hydrogen-bond donors (Lipinski definition) is 1. The minimum Gasteiger partial charge on any atom is -0.506 e. The fourth-order valence-corrected chi connectivity index (χ4v) is 1.14. The molecule has 0 unspecified atom stereocenters. The summed E-state index contributed by atoms with van der Waals surface area (Å²) in [6, 6.07) is 0.732. The van der Waals surface area contributed by atoms with E-state index in [4.69, 9.17) is 16.7 Å². The highest BCUT2D eigenvalue weighted by atomic mass is 79.9. The lowest BCUT2D eigenvalue weighted by Crippen LogP contribution is -1.85. The van der Waals surface area contributed by atoms with Crippen LogP contribution in [-0.2, 0) is 0 Å². The fraction of sp³-hybridized carbons (Fsp3) is 0. The number of phenols is 1. The van der Waals surface area contributed by atoms with Crippen molar-refractivity contribution in [2.75, 3.05) is 0 Å². The highest BCUT2D eigenvalue weighted by Crippen LogP contribution is 2.33. The Labute approximate surface area is 74.7 Å². The van der Waals surface area contributed by atoms with E-state index in [2.05, 4.69) is 15.9 Å². The van der Waals surface area contributed by atoms with Crippen LogP contribution in [0.1, 0.15) is 0 Å². The van der Waals surface area contributed by atoms with Gasteiger partial charge in [-0.1, -0.05) is 11.6 Å². The van der Waals surface area contributed by atoms with Crippen molar-refractivity contribution in [3.05, 3.63) is 27.2 Å². The van der Waals surface area contributed by atoms with E-state index >= 15 is 0 Å². The average Bonchev–Trinajstić information content (AvgIpc) is 1.97. The minimum absolute atomic E-state index is 0.375. The van der Waals surface area contributed by atoms with Gasteiger partial charge in [-0.2, -0.15) is 0 Å². The normalized spacial score (nSPS) is 10.2. The Kier molecular flexibility index (Phi) is 2.34. The van der Waals surface area contributed by atoms with Gasteiger partial charge in [0, 0.05) is 6.07 Å². The first-order chi connectivity index (χ1) is 5.04. The van der Waals surface area contributed by atoms with Crippen molar-refractivity contribution in [2.24, 2.45) is 0 Å². The van der Waals surface area contributed by atoms with Crippen LogP contribution in [0, 0.1) is 11.6 Å². The summed E-state index contributed by atoms with van der Waals surface area (Å²) < 4.78 is 24.8. The van der Waals surface area contributed by atoms with E-state index in [1.165, 1.54) is 0 Å². The van der Waals surface area contributed by atoms with Crippen LogP contribution in [0.25, 0.3) is 0 Å². The molecule has 0 amide bonds. The maximum Gasteiger partial charge on any atom is 0.162 e. The lowest BCUT2D eigenvalue weighted by atomic mass is 10.3. The van der Waals surface area contributed by atoms with Gasteiger partial charge < -0.3 is 5.11 Å². The third kappa shape index (κ3) is 1.46. The molecule has 1 aromatic carbocycles. The predicted molar refractivity (Wildman–Crippen MR) is 40.7 cm³/mol. The summed E-state index contributed by atoms with van der Waals surface area (Å²) in [6.45, 7) is 0. The van der Waals surface area contributed by atoms with Gasteiger partial charge in [-0.3, -0.25) is 0 Å². The smallest absolute Gasteiger partial charge is 0.162 e. The first-order valence-corrected chi connectivity index (χ1v) is 3.73. The zero-order chi connectivity index (χ0) is 8.59. The number of phenolic OH excluding ortho intramolecular Hbond substituents is 1. The van der Waals surface area contributed by atoms with Gasteiger partial charge in [-0.25, -0.2) is 8.78 Å². The Morgan fingerprint density at radius 2 is 2.00 bits per heavy atom. The van der Waals surface area contributed by atoms with Gasteiger partial charge in [-0.15, -0.1) is 0 Å². The summed E-state index contributed by atoms with van der Waals surface area (Å²) in [5.74, 6) is -2.49. The molecule has 0 heterocycles. The van der Waals surface area contributed by atoms with Crippen LogP contribution in [0.15, 0.2) is 10.5 Å². The number of hydrogen-bond acceptors (Lipinski definition) is 1. The second kappa shape index (κ2) is 2.95. The van der Waals surface area contributed by atoms with E-state index in [9.17, 15) is 8.78 Å². The standard InChI is InChI=1S/C6H2BrClF2O/c7-4-2(9)1-3(11)5(8)6(4)10/h1,11H. The first-order valence-electron chi connectivity index (χ1n) is 2.56. The maximum atomic E-state index is 12.7. The molecule has 0 saturated carbocycles. The van der Waals surface area contributed by atoms with Crippen LogP contribution in [0.3, 0.4) is 0 Å². The zero-order valence-corrected chi connectivity index (χ0v) is 7.38. The summed E-state index contributed by atoms with van der Waals surface area (Å²) >= 11 is 7.85. The van der Waals surface area contributed by atoms with E-state index in [1.54, 1.807) is 0 Å². The molecule has 1 nitrogen and oxygen atoms in total. The van der Waals surface area contributed by atoms with Crippen molar-refractivity contribution in [3.63, 3.8) is 0 Å². The largest absolute Gasteiger partial charge is 0.506 e. The lowest BCUT2D eigenvalue weighted by molar-refractivity contribution is 0.459. The van der Waals surface area contributed by atoms with Gasteiger partial charge in [-0.05, 0) is 15.9 Å². The Balaban J connectivity index is 3.46. The highest BCUT2D eigenvalue weighted by molar-refractivity contribution is 9.10. The van der Waals surface area contributed by atoms with Crippen molar-refractivity contribution in [1.29, 1.82) is 0 Å². The van der Waals surface area contributed by atoms with Crippen molar-refractivity contribution in [1.82, 2.24) is 0 Å². The van der Waals surface area contributed by atoms with E-state index < -0.39 is 22.4 Å². The van der Waals surface area contributed by atoms with E-state index in [0.717, 1.165) is 6.07 Å². The molecule has 0 bridgehead atoms. The molecule has 11 heavy (non-hydrogen) atoms. The van der Waals surface area contributed by atoms with Crippen LogP contribution in [0.2, 0.25) is 5.02 Å². The van der Waals surface area contributed by atoms with Gasteiger partial charge in [0.05, 0.1) is 4.47 Å². The first kappa shape index (κ1) is 8.74. The van der Waals surface area contributed by atoms with Crippen LogP contribution in [-0.4, -0.2) is 5.11 Å². The molecule has 0 atom stereocenters. The van der Waals surface area contributed by atoms with E-state index in [-0.39, 0.29) is 4.47 Å². The number of rotatable bonds is 0. The number of aromatic hydroxyl groups is 1. The molecule has 0 saturated heterocycles. The maximum absolute atomic E-state index is 12.7. The summed E-state index contributed by atoms with van der Waals surface area (Å²) in [5, 5.41) is 8.28. The molecular weight excluding hydrogens is 241 g/mol. The quantitative estimate of drug-likeness (QED) is 0.548. The molecule has 1 N–H and O–H groups in total. The van der Waals surface area contributed by atoms with Crippen molar-refractivity contribution in [3.8, 4) is 5.75 Å². The van der Waals surface area contributed by atoms with E-state index in [0.29, 0.717) is 0 Å². The molecule has 0 aliphatic carbocycles. The Hall–Kier alpha value is -0.350.